The number of aromatic nitrogens is 1. The number of hydrogen-bond acceptors (Lipinski definition) is 4. The maximum Gasteiger partial charge on any atom is 0.305 e. The lowest BCUT2D eigenvalue weighted by atomic mass is 9.88. The van der Waals surface area contributed by atoms with Crippen LogP contribution in [0.5, 0.6) is 0 Å². The van der Waals surface area contributed by atoms with Crippen LogP contribution in [0.3, 0.4) is 0 Å². The summed E-state index contributed by atoms with van der Waals surface area (Å²) < 4.78 is 18.1. The van der Waals surface area contributed by atoms with Crippen LogP contribution in [-0.4, -0.2) is 9.71 Å². The molecule has 120 valence electrons. The van der Waals surface area contributed by atoms with E-state index in [0.29, 0.717) is 17.5 Å². The van der Waals surface area contributed by atoms with Gasteiger partial charge in [-0.25, -0.2) is 0 Å². The van der Waals surface area contributed by atoms with Crippen molar-refractivity contribution in [1.29, 1.82) is 0 Å². The topological polar surface area (TPSA) is 58.3 Å². The summed E-state index contributed by atoms with van der Waals surface area (Å²) in [6.07, 6.45) is 2.28. The van der Waals surface area contributed by atoms with E-state index in [0.717, 1.165) is 17.2 Å². The number of hydrogen-bond donors (Lipinski definition) is 2. The Morgan fingerprint density at radius 3 is 2.45 bits per heavy atom. The summed E-state index contributed by atoms with van der Waals surface area (Å²) in [5, 5.41) is 3.83. The first-order valence-corrected chi connectivity index (χ1v) is 8.90. The highest BCUT2D eigenvalue weighted by Gasteiger charge is 2.22. The third kappa shape index (κ3) is 4.52. The lowest BCUT2D eigenvalue weighted by Crippen LogP contribution is -2.13. The molecule has 3 unspecified atom stereocenters. The van der Waals surface area contributed by atoms with Crippen molar-refractivity contribution < 1.29 is 9.08 Å². The SMILES string of the molecule is CCC(C)C(C)Cc1ccc([S+](O)Nc2cc(C)on2)cc1. The molecule has 0 radical (unpaired) electrons. The summed E-state index contributed by atoms with van der Waals surface area (Å²) in [4.78, 5) is 0.848. The molecule has 1 heterocycles. The summed E-state index contributed by atoms with van der Waals surface area (Å²) in [6.45, 7) is 8.65. The van der Waals surface area contributed by atoms with Crippen LogP contribution in [0.2, 0.25) is 0 Å². The molecular formula is C17H25N2O2S+. The van der Waals surface area contributed by atoms with Gasteiger partial charge in [0.1, 0.15) is 5.76 Å². The van der Waals surface area contributed by atoms with Crippen molar-refractivity contribution in [3.8, 4) is 0 Å². The summed E-state index contributed by atoms with van der Waals surface area (Å²) in [5.41, 5.74) is 1.31. The second kappa shape index (κ2) is 7.70. The van der Waals surface area contributed by atoms with Crippen LogP contribution in [-0.2, 0) is 17.8 Å². The van der Waals surface area contributed by atoms with Gasteiger partial charge >= 0.3 is 11.4 Å². The standard InChI is InChI=1S/C17H25N2O2S/c1-5-12(2)13(3)10-15-6-8-16(9-7-15)22(20)19-17-11-14(4)21-18-17/h6-9,11-13,20H,5,10H2,1-4H3,(H,18,19)/q+1. The van der Waals surface area contributed by atoms with Gasteiger partial charge in [-0.15, -0.1) is 4.72 Å². The second-order valence-corrected chi connectivity index (χ2v) is 7.17. The van der Waals surface area contributed by atoms with Crippen molar-refractivity contribution in [2.45, 2.75) is 45.4 Å². The Morgan fingerprint density at radius 1 is 1.23 bits per heavy atom. The second-order valence-electron chi connectivity index (χ2n) is 5.92. The van der Waals surface area contributed by atoms with Gasteiger partial charge in [-0.1, -0.05) is 44.5 Å². The minimum absolute atomic E-state index is 0.554. The van der Waals surface area contributed by atoms with E-state index >= 15 is 0 Å². The van der Waals surface area contributed by atoms with Gasteiger partial charge in [0.15, 0.2) is 0 Å². The minimum Gasteiger partial charge on any atom is -0.359 e. The Hall–Kier alpha value is -1.46. The molecule has 2 N–H and O–H groups in total. The summed E-state index contributed by atoms with van der Waals surface area (Å²) in [7, 11) is 0. The van der Waals surface area contributed by atoms with Gasteiger partial charge < -0.3 is 4.52 Å². The predicted molar refractivity (Wildman–Crippen MR) is 91.9 cm³/mol. The molecule has 0 spiro atoms. The van der Waals surface area contributed by atoms with Gasteiger partial charge in [-0.05, 0) is 42.9 Å². The van der Waals surface area contributed by atoms with Gasteiger partial charge in [0.2, 0.25) is 10.7 Å². The zero-order valence-corrected chi connectivity index (χ0v) is 14.5. The van der Waals surface area contributed by atoms with Crippen LogP contribution in [0, 0.1) is 18.8 Å². The molecule has 0 aliphatic carbocycles. The summed E-state index contributed by atoms with van der Waals surface area (Å²) >= 11 is -1.07. The lowest BCUT2D eigenvalue weighted by Gasteiger charge is -2.18. The van der Waals surface area contributed by atoms with Crippen molar-refractivity contribution >= 4 is 17.2 Å². The number of rotatable bonds is 7. The number of nitrogens with one attached hydrogen (secondary N) is 1. The first-order chi connectivity index (χ1) is 10.5. The smallest absolute Gasteiger partial charge is 0.305 e. The molecule has 1 aromatic carbocycles. The van der Waals surface area contributed by atoms with E-state index in [2.05, 4.69) is 42.8 Å². The zero-order valence-electron chi connectivity index (χ0n) is 13.7. The molecule has 1 aromatic heterocycles. The van der Waals surface area contributed by atoms with Crippen LogP contribution in [0.4, 0.5) is 5.82 Å². The largest absolute Gasteiger partial charge is 0.359 e. The van der Waals surface area contributed by atoms with Gasteiger partial charge in [0, 0.05) is 6.07 Å². The van der Waals surface area contributed by atoms with E-state index in [9.17, 15) is 4.55 Å². The molecule has 5 heteroatoms. The van der Waals surface area contributed by atoms with Crippen LogP contribution in [0.15, 0.2) is 39.8 Å². The molecule has 0 saturated carbocycles. The highest BCUT2D eigenvalue weighted by Crippen LogP contribution is 2.21. The maximum atomic E-state index is 10.2. The van der Waals surface area contributed by atoms with Crippen LogP contribution < -0.4 is 4.72 Å². The van der Waals surface area contributed by atoms with Gasteiger partial charge in [0.25, 0.3) is 0 Å². The fourth-order valence-electron chi connectivity index (χ4n) is 2.30. The van der Waals surface area contributed by atoms with E-state index < -0.39 is 11.4 Å². The zero-order chi connectivity index (χ0) is 16.1. The number of aryl methyl sites for hydroxylation is 1. The molecular weight excluding hydrogens is 296 g/mol. The van der Waals surface area contributed by atoms with E-state index in [4.69, 9.17) is 4.52 Å². The van der Waals surface area contributed by atoms with Gasteiger partial charge in [0.05, 0.1) is 0 Å². The molecule has 22 heavy (non-hydrogen) atoms. The Morgan fingerprint density at radius 2 is 1.91 bits per heavy atom. The average Bonchev–Trinajstić information content (AvgIpc) is 2.92. The van der Waals surface area contributed by atoms with Crippen LogP contribution in [0.1, 0.15) is 38.5 Å². The normalized spacial score (nSPS) is 15.3. The van der Waals surface area contributed by atoms with Gasteiger partial charge in [-0.2, -0.15) is 4.55 Å². The van der Waals surface area contributed by atoms with Crippen molar-refractivity contribution in [3.63, 3.8) is 0 Å². The third-order valence-corrected chi connectivity index (χ3v) is 5.27. The van der Waals surface area contributed by atoms with E-state index in [1.54, 1.807) is 6.07 Å². The van der Waals surface area contributed by atoms with E-state index in [-0.39, 0.29) is 0 Å². The first kappa shape index (κ1) is 16.9. The minimum atomic E-state index is -1.07. The maximum absolute atomic E-state index is 10.2. The molecule has 0 aliphatic rings. The highest BCUT2D eigenvalue weighted by atomic mass is 32.2. The Labute approximate surface area is 135 Å². The molecule has 0 bridgehead atoms. The number of nitrogens with zero attached hydrogens (tertiary/aromatic N) is 1. The van der Waals surface area contributed by atoms with Gasteiger partial charge in [-0.3, -0.25) is 0 Å². The fraction of sp³-hybridized carbons (Fsp3) is 0.471. The summed E-state index contributed by atoms with van der Waals surface area (Å²) in [6, 6.07) is 9.90. The molecule has 3 atom stereocenters. The summed E-state index contributed by atoms with van der Waals surface area (Å²) in [5.74, 6) is 2.66. The van der Waals surface area contributed by atoms with Crippen molar-refractivity contribution in [2.24, 2.45) is 11.8 Å². The molecule has 2 aromatic rings. The molecule has 0 amide bonds. The third-order valence-electron chi connectivity index (χ3n) is 4.15. The predicted octanol–water partition coefficient (Wildman–Crippen LogP) is 4.69. The quantitative estimate of drug-likeness (QED) is 0.727. The van der Waals surface area contributed by atoms with Crippen molar-refractivity contribution in [1.82, 2.24) is 5.16 Å². The lowest BCUT2D eigenvalue weighted by molar-refractivity contribution is 0.375. The Bertz CT molecular complexity index is 583. The van der Waals surface area contributed by atoms with Crippen LogP contribution >= 0.6 is 0 Å². The molecule has 4 nitrogen and oxygen atoms in total. The Balaban J connectivity index is 1.96. The van der Waals surface area contributed by atoms with Crippen molar-refractivity contribution in [3.05, 3.63) is 41.7 Å². The van der Waals surface area contributed by atoms with Crippen LogP contribution in [0.25, 0.3) is 0 Å². The molecule has 0 aliphatic heterocycles. The molecule has 2 rings (SSSR count). The number of anilines is 1. The highest BCUT2D eigenvalue weighted by molar-refractivity contribution is 7.92. The molecule has 0 saturated heterocycles. The Kier molecular flexibility index (Phi) is 5.91. The molecule has 0 fully saturated rings. The monoisotopic (exact) mass is 321 g/mol. The van der Waals surface area contributed by atoms with E-state index in [1.165, 1.54) is 12.0 Å². The first-order valence-electron chi connectivity index (χ1n) is 7.72. The number of benzene rings is 1. The van der Waals surface area contributed by atoms with E-state index in [1.807, 2.05) is 19.1 Å². The fourth-order valence-corrected chi connectivity index (χ4v) is 3.11. The van der Waals surface area contributed by atoms with Crippen molar-refractivity contribution in [2.75, 3.05) is 4.72 Å². The average molecular weight is 321 g/mol.